The van der Waals surface area contributed by atoms with E-state index in [4.69, 9.17) is 0 Å². The summed E-state index contributed by atoms with van der Waals surface area (Å²) in [6, 6.07) is -1.72. The molecule has 1 rings (SSSR count). The van der Waals surface area contributed by atoms with Crippen molar-refractivity contribution in [3.63, 3.8) is 0 Å². The van der Waals surface area contributed by atoms with Crippen molar-refractivity contribution in [3.05, 3.63) is 0 Å². The molecule has 0 aromatic heterocycles. The molecule has 1 aliphatic heterocycles. The second-order valence-corrected chi connectivity index (χ2v) is 1.94. The highest BCUT2D eigenvalue weighted by molar-refractivity contribution is 5.94. The topological polar surface area (TPSA) is 24.7 Å². The lowest BCUT2D eigenvalue weighted by Crippen LogP contribution is -2.26. The first-order valence-electron chi connectivity index (χ1n) is 2.65. The summed E-state index contributed by atoms with van der Waals surface area (Å²) in [7, 11) is 0. The van der Waals surface area contributed by atoms with Crippen LogP contribution < -0.4 is 0 Å². The molecule has 0 unspecified atom stereocenters. The second kappa shape index (κ2) is 2.07. The van der Waals surface area contributed by atoms with Crippen LogP contribution in [0.4, 0.5) is 13.2 Å². The molecule has 0 radical (unpaired) electrons. The SMILES string of the molecule is CC1=N[C@H](C(F)(F)F)C=N1. The number of hydrogen-bond donors (Lipinski definition) is 0. The zero-order valence-corrected chi connectivity index (χ0v) is 5.18. The summed E-state index contributed by atoms with van der Waals surface area (Å²) in [6.45, 7) is 1.43. The molecule has 0 aromatic carbocycles. The van der Waals surface area contributed by atoms with Crippen molar-refractivity contribution < 1.29 is 13.2 Å². The third kappa shape index (κ3) is 1.34. The Labute approximate surface area is 55.5 Å². The molecule has 0 N–H and O–H groups in total. The van der Waals surface area contributed by atoms with Crippen molar-refractivity contribution in [2.75, 3.05) is 0 Å². The molecule has 1 aliphatic rings. The average Bonchev–Trinajstić information content (AvgIpc) is 2.11. The van der Waals surface area contributed by atoms with E-state index in [1.54, 1.807) is 0 Å². The molecule has 1 atom stereocenters. The molecule has 0 aromatic rings. The van der Waals surface area contributed by atoms with E-state index in [0.717, 1.165) is 6.21 Å². The van der Waals surface area contributed by atoms with Crippen molar-refractivity contribution in [1.82, 2.24) is 0 Å². The first-order valence-corrected chi connectivity index (χ1v) is 2.65. The number of rotatable bonds is 0. The summed E-state index contributed by atoms with van der Waals surface area (Å²) in [4.78, 5) is 6.62. The minimum absolute atomic E-state index is 0.183. The Morgan fingerprint density at radius 2 is 2.10 bits per heavy atom. The molecule has 0 fully saturated rings. The summed E-state index contributed by atoms with van der Waals surface area (Å²) in [6.07, 6.45) is -3.48. The maximum absolute atomic E-state index is 11.7. The monoisotopic (exact) mass is 150 g/mol. The number of halogens is 3. The number of aliphatic imine (C=N–C) groups is 2. The molecule has 1 heterocycles. The third-order valence-electron chi connectivity index (χ3n) is 1.06. The van der Waals surface area contributed by atoms with Gasteiger partial charge in [-0.2, -0.15) is 13.2 Å². The van der Waals surface area contributed by atoms with Crippen LogP contribution in [-0.4, -0.2) is 24.3 Å². The first kappa shape index (κ1) is 7.24. The van der Waals surface area contributed by atoms with Gasteiger partial charge in [0.05, 0.1) is 0 Å². The van der Waals surface area contributed by atoms with Crippen LogP contribution in [0.25, 0.3) is 0 Å². The second-order valence-electron chi connectivity index (χ2n) is 1.94. The predicted octanol–water partition coefficient (Wildman–Crippen LogP) is 1.42. The Morgan fingerprint density at radius 3 is 2.30 bits per heavy atom. The number of hydrogen-bond acceptors (Lipinski definition) is 2. The molecule has 0 saturated heterocycles. The van der Waals surface area contributed by atoms with Gasteiger partial charge >= 0.3 is 6.18 Å². The smallest absolute Gasteiger partial charge is 0.252 e. The van der Waals surface area contributed by atoms with Crippen molar-refractivity contribution in [2.24, 2.45) is 9.98 Å². The molecular weight excluding hydrogens is 145 g/mol. The molecule has 0 amide bonds. The van der Waals surface area contributed by atoms with Gasteiger partial charge in [0.2, 0.25) is 0 Å². The van der Waals surface area contributed by atoms with Crippen LogP contribution in [0.2, 0.25) is 0 Å². The van der Waals surface area contributed by atoms with E-state index in [2.05, 4.69) is 9.98 Å². The van der Waals surface area contributed by atoms with Crippen LogP contribution in [-0.2, 0) is 0 Å². The van der Waals surface area contributed by atoms with E-state index in [1.165, 1.54) is 6.92 Å². The van der Waals surface area contributed by atoms with Gasteiger partial charge in [0.1, 0.15) is 5.84 Å². The predicted molar refractivity (Wildman–Crippen MR) is 31.4 cm³/mol. The van der Waals surface area contributed by atoms with E-state index in [9.17, 15) is 13.2 Å². The van der Waals surface area contributed by atoms with Gasteiger partial charge in [-0.05, 0) is 6.92 Å². The third-order valence-corrected chi connectivity index (χ3v) is 1.06. The molecule has 56 valence electrons. The van der Waals surface area contributed by atoms with Crippen LogP contribution >= 0.6 is 0 Å². The van der Waals surface area contributed by atoms with E-state index in [1.807, 2.05) is 0 Å². The fourth-order valence-electron chi connectivity index (χ4n) is 0.604. The molecule has 5 heteroatoms. The van der Waals surface area contributed by atoms with Gasteiger partial charge in [-0.15, -0.1) is 0 Å². The van der Waals surface area contributed by atoms with Gasteiger partial charge in [0.25, 0.3) is 0 Å². The fraction of sp³-hybridized carbons (Fsp3) is 0.600. The Kier molecular flexibility index (Phi) is 1.50. The summed E-state index contributed by atoms with van der Waals surface area (Å²) in [5.74, 6) is 0.183. The van der Waals surface area contributed by atoms with Crippen LogP contribution in [0.1, 0.15) is 6.92 Å². The van der Waals surface area contributed by atoms with Crippen molar-refractivity contribution in [2.45, 2.75) is 19.1 Å². The minimum Gasteiger partial charge on any atom is -0.252 e. The maximum Gasteiger partial charge on any atom is 0.415 e. The van der Waals surface area contributed by atoms with Gasteiger partial charge in [0, 0.05) is 6.21 Å². The Bertz CT molecular complexity index is 192. The molecule has 0 spiro atoms. The normalized spacial score (nSPS) is 25.2. The van der Waals surface area contributed by atoms with Crippen LogP contribution in [0.3, 0.4) is 0 Å². The minimum atomic E-state index is -4.28. The standard InChI is InChI=1S/C5H5F3N2/c1-3-9-2-4(10-3)5(6,7)8/h2,4H,1H3/t4-/m0/s1. The highest BCUT2D eigenvalue weighted by atomic mass is 19.4. The molecule has 0 bridgehead atoms. The molecular formula is C5H5F3N2. The highest BCUT2D eigenvalue weighted by Gasteiger charge is 2.40. The number of alkyl halides is 3. The van der Waals surface area contributed by atoms with E-state index in [-0.39, 0.29) is 5.84 Å². The van der Waals surface area contributed by atoms with Crippen LogP contribution in [0.5, 0.6) is 0 Å². The van der Waals surface area contributed by atoms with Gasteiger partial charge < -0.3 is 0 Å². The summed E-state index contributed by atoms with van der Waals surface area (Å²) < 4.78 is 35.2. The summed E-state index contributed by atoms with van der Waals surface area (Å²) in [5, 5.41) is 0. The molecule has 2 nitrogen and oxygen atoms in total. The van der Waals surface area contributed by atoms with E-state index in [0.29, 0.717) is 0 Å². The van der Waals surface area contributed by atoms with E-state index < -0.39 is 12.2 Å². The fourth-order valence-corrected chi connectivity index (χ4v) is 0.604. The molecule has 10 heavy (non-hydrogen) atoms. The van der Waals surface area contributed by atoms with Crippen molar-refractivity contribution in [1.29, 1.82) is 0 Å². The quantitative estimate of drug-likeness (QED) is 0.499. The van der Waals surface area contributed by atoms with E-state index >= 15 is 0 Å². The highest BCUT2D eigenvalue weighted by Crippen LogP contribution is 2.23. The zero-order valence-electron chi connectivity index (χ0n) is 5.18. The van der Waals surface area contributed by atoms with Crippen molar-refractivity contribution >= 4 is 12.1 Å². The summed E-state index contributed by atoms with van der Waals surface area (Å²) >= 11 is 0. The Hall–Kier alpha value is -0.870. The van der Waals surface area contributed by atoms with Gasteiger partial charge in [0.15, 0.2) is 6.04 Å². The largest absolute Gasteiger partial charge is 0.415 e. The molecule has 0 aliphatic carbocycles. The Morgan fingerprint density at radius 1 is 1.50 bits per heavy atom. The zero-order chi connectivity index (χ0) is 7.78. The molecule has 0 saturated carbocycles. The van der Waals surface area contributed by atoms with Gasteiger partial charge in [-0.1, -0.05) is 0 Å². The van der Waals surface area contributed by atoms with Gasteiger partial charge in [-0.25, -0.2) is 4.99 Å². The van der Waals surface area contributed by atoms with Crippen LogP contribution in [0, 0.1) is 0 Å². The average molecular weight is 150 g/mol. The van der Waals surface area contributed by atoms with Gasteiger partial charge in [-0.3, -0.25) is 4.99 Å². The number of nitrogens with zero attached hydrogens (tertiary/aromatic N) is 2. The lowest BCUT2D eigenvalue weighted by Gasteiger charge is -2.06. The Balaban J connectivity index is 2.72. The maximum atomic E-state index is 11.7. The summed E-state index contributed by atoms with van der Waals surface area (Å²) in [5.41, 5.74) is 0. The van der Waals surface area contributed by atoms with Crippen LogP contribution in [0.15, 0.2) is 9.98 Å². The lowest BCUT2D eigenvalue weighted by atomic mass is 10.3. The first-order chi connectivity index (χ1) is 4.50. The number of amidine groups is 1. The lowest BCUT2D eigenvalue weighted by molar-refractivity contribution is -0.130. The van der Waals surface area contributed by atoms with Crippen molar-refractivity contribution in [3.8, 4) is 0 Å².